The van der Waals surface area contributed by atoms with Gasteiger partial charge in [0, 0.05) is 5.69 Å². The summed E-state index contributed by atoms with van der Waals surface area (Å²) in [6, 6.07) is 7.36. The Hall–Kier alpha value is -0.800. The third-order valence-electron chi connectivity index (χ3n) is 1.36. The van der Waals surface area contributed by atoms with Gasteiger partial charge in [0.2, 0.25) is 0 Å². The van der Waals surface area contributed by atoms with Gasteiger partial charge in [0.1, 0.15) is 5.75 Å². The molecule has 0 bridgehead atoms. The number of methoxy groups -OCH3 is 1. The summed E-state index contributed by atoms with van der Waals surface area (Å²) in [5, 5.41) is 9.32. The SMILES string of the molecule is COc1ccc(NC(N)=S)cc1.[C-]#N.[Na+]. The summed E-state index contributed by atoms with van der Waals surface area (Å²) in [7, 11) is 1.62. The molecule has 74 valence electrons. The van der Waals surface area contributed by atoms with Gasteiger partial charge in [0.25, 0.3) is 0 Å². The van der Waals surface area contributed by atoms with E-state index in [2.05, 4.69) is 17.5 Å². The van der Waals surface area contributed by atoms with Crippen molar-refractivity contribution in [1.82, 2.24) is 0 Å². The molecule has 1 rings (SSSR count). The van der Waals surface area contributed by atoms with E-state index in [0.717, 1.165) is 11.4 Å². The molecular weight excluding hydrogens is 221 g/mol. The van der Waals surface area contributed by atoms with Crippen molar-refractivity contribution in [3.05, 3.63) is 30.8 Å². The molecule has 0 radical (unpaired) electrons. The van der Waals surface area contributed by atoms with E-state index in [0.29, 0.717) is 0 Å². The number of thiocarbonyl (C=S) groups is 1. The smallest absolute Gasteiger partial charge is 0.512 e. The van der Waals surface area contributed by atoms with E-state index in [9.17, 15) is 0 Å². The second-order valence-corrected chi connectivity index (χ2v) is 2.66. The molecule has 0 aliphatic carbocycles. The minimum Gasteiger partial charge on any atom is -0.512 e. The molecule has 0 fully saturated rings. The molecule has 1 aromatic rings. The molecule has 0 unspecified atom stereocenters. The Morgan fingerprint density at radius 1 is 1.40 bits per heavy atom. The van der Waals surface area contributed by atoms with Crippen molar-refractivity contribution >= 4 is 23.0 Å². The fourth-order valence-electron chi connectivity index (χ4n) is 0.817. The van der Waals surface area contributed by atoms with Gasteiger partial charge in [0.15, 0.2) is 5.11 Å². The van der Waals surface area contributed by atoms with Gasteiger partial charge in [-0.15, -0.1) is 0 Å². The van der Waals surface area contributed by atoms with Gasteiger partial charge < -0.3 is 27.6 Å². The van der Waals surface area contributed by atoms with Crippen LogP contribution >= 0.6 is 12.2 Å². The van der Waals surface area contributed by atoms with E-state index in [1.54, 1.807) is 7.11 Å². The zero-order chi connectivity index (χ0) is 11.0. The van der Waals surface area contributed by atoms with Crippen molar-refractivity contribution in [2.45, 2.75) is 0 Å². The van der Waals surface area contributed by atoms with Crippen LogP contribution in [0.3, 0.4) is 0 Å². The number of nitrogens with two attached hydrogens (primary N) is 1. The summed E-state index contributed by atoms with van der Waals surface area (Å²) in [4.78, 5) is 0. The van der Waals surface area contributed by atoms with E-state index in [4.69, 9.17) is 22.3 Å². The van der Waals surface area contributed by atoms with Crippen molar-refractivity contribution in [1.29, 1.82) is 5.26 Å². The van der Waals surface area contributed by atoms with Gasteiger partial charge >= 0.3 is 29.6 Å². The summed E-state index contributed by atoms with van der Waals surface area (Å²) in [5.74, 6) is 0.809. The Bertz CT molecular complexity index is 313. The van der Waals surface area contributed by atoms with Gasteiger partial charge in [-0.05, 0) is 36.5 Å². The summed E-state index contributed by atoms with van der Waals surface area (Å²) in [5.41, 5.74) is 6.15. The third kappa shape index (κ3) is 7.17. The van der Waals surface area contributed by atoms with Gasteiger partial charge in [-0.1, -0.05) is 0 Å². The predicted molar refractivity (Wildman–Crippen MR) is 58.4 cm³/mol. The number of nitrogens with zero attached hydrogens (tertiary/aromatic N) is 1. The largest absolute Gasteiger partial charge is 1.00 e. The molecule has 0 spiro atoms. The summed E-state index contributed by atoms with van der Waals surface area (Å²) in [6.45, 7) is 4.75. The number of rotatable bonds is 2. The fraction of sp³-hybridized carbons (Fsp3) is 0.111. The van der Waals surface area contributed by atoms with Crippen LogP contribution in [0.4, 0.5) is 5.69 Å². The maximum absolute atomic E-state index is 6.25. The molecule has 15 heavy (non-hydrogen) atoms. The molecule has 0 saturated heterocycles. The monoisotopic (exact) mass is 231 g/mol. The quantitative estimate of drug-likeness (QED) is 0.366. The number of ether oxygens (including phenoxy) is 1. The van der Waals surface area contributed by atoms with Crippen LogP contribution in [0.25, 0.3) is 0 Å². The minimum absolute atomic E-state index is 0. The van der Waals surface area contributed by atoms with Crippen molar-refractivity contribution in [2.75, 3.05) is 12.4 Å². The van der Waals surface area contributed by atoms with Gasteiger partial charge in [-0.2, -0.15) is 0 Å². The minimum atomic E-state index is 0. The molecule has 4 nitrogen and oxygen atoms in total. The molecule has 0 saturated carbocycles. The average Bonchev–Trinajstić information content (AvgIpc) is 2.21. The van der Waals surface area contributed by atoms with Crippen LogP contribution in [0.2, 0.25) is 0 Å². The maximum atomic E-state index is 6.25. The van der Waals surface area contributed by atoms with E-state index in [1.807, 2.05) is 24.3 Å². The molecule has 0 heterocycles. The van der Waals surface area contributed by atoms with Crippen LogP contribution in [-0.4, -0.2) is 12.2 Å². The maximum Gasteiger partial charge on any atom is 1.00 e. The summed E-state index contributed by atoms with van der Waals surface area (Å²) < 4.78 is 4.98. The van der Waals surface area contributed by atoms with Crippen LogP contribution in [0.15, 0.2) is 24.3 Å². The Balaban J connectivity index is 0. The number of benzene rings is 1. The molecule has 3 N–H and O–H groups in total. The fourth-order valence-corrected chi connectivity index (χ4v) is 0.934. The normalized spacial score (nSPS) is 7.40. The zero-order valence-electron chi connectivity index (χ0n) is 8.65. The second-order valence-electron chi connectivity index (χ2n) is 2.22. The van der Waals surface area contributed by atoms with E-state index >= 15 is 0 Å². The standard InChI is InChI=1S/C8H10N2OS.CN.Na/c1-11-7-4-2-6(3-5-7)10-8(9)12;1-2;/h2-5H,1H3,(H3,9,10,12);;/q;-1;+1. The average molecular weight is 231 g/mol. The molecule has 0 aliphatic rings. The van der Waals surface area contributed by atoms with Crippen LogP contribution in [0, 0.1) is 11.8 Å². The van der Waals surface area contributed by atoms with Crippen LogP contribution in [-0.2, 0) is 0 Å². The van der Waals surface area contributed by atoms with E-state index in [1.165, 1.54) is 0 Å². The molecule has 0 aromatic heterocycles. The Morgan fingerprint density at radius 3 is 2.20 bits per heavy atom. The van der Waals surface area contributed by atoms with Gasteiger partial charge in [-0.3, -0.25) is 0 Å². The van der Waals surface area contributed by atoms with Gasteiger partial charge in [0.05, 0.1) is 7.11 Å². The van der Waals surface area contributed by atoms with Crippen LogP contribution in [0.5, 0.6) is 5.75 Å². The first kappa shape index (κ1) is 16.6. The molecule has 0 amide bonds. The Kier molecular flexibility index (Phi) is 10.8. The van der Waals surface area contributed by atoms with Crippen molar-refractivity contribution in [2.24, 2.45) is 5.73 Å². The second kappa shape index (κ2) is 9.74. The van der Waals surface area contributed by atoms with Crippen molar-refractivity contribution < 1.29 is 34.3 Å². The Morgan fingerprint density at radius 2 is 1.87 bits per heavy atom. The first-order valence-corrected chi connectivity index (χ1v) is 4.06. The first-order valence-electron chi connectivity index (χ1n) is 3.65. The summed E-state index contributed by atoms with van der Waals surface area (Å²) >= 11 is 4.67. The predicted octanol–water partition coefficient (Wildman–Crippen LogP) is -1.55. The number of anilines is 1. The number of hydrogen-bond donors (Lipinski definition) is 2. The molecule has 6 heteroatoms. The van der Waals surface area contributed by atoms with Gasteiger partial charge in [-0.25, -0.2) is 0 Å². The first-order chi connectivity index (χ1) is 6.72. The van der Waals surface area contributed by atoms with E-state index in [-0.39, 0.29) is 34.7 Å². The van der Waals surface area contributed by atoms with E-state index < -0.39 is 0 Å². The van der Waals surface area contributed by atoms with Crippen LogP contribution < -0.4 is 45.3 Å². The van der Waals surface area contributed by atoms with Crippen molar-refractivity contribution in [3.63, 3.8) is 0 Å². The summed E-state index contributed by atoms with van der Waals surface area (Å²) in [6.07, 6.45) is 0. The molecule has 0 atom stereocenters. The number of nitrogens with one attached hydrogen (secondary N) is 1. The zero-order valence-corrected chi connectivity index (χ0v) is 11.5. The topological polar surface area (TPSA) is 71.1 Å². The molecule has 1 aromatic carbocycles. The number of hydrogen-bond acceptors (Lipinski definition) is 3. The third-order valence-corrected chi connectivity index (χ3v) is 1.46. The van der Waals surface area contributed by atoms with Crippen LogP contribution in [0.1, 0.15) is 0 Å². The van der Waals surface area contributed by atoms with Crippen molar-refractivity contribution in [3.8, 4) is 5.75 Å². The Labute approximate surface area is 117 Å². The molecular formula is C9H10N3NaOS. The molecule has 0 aliphatic heterocycles.